The summed E-state index contributed by atoms with van der Waals surface area (Å²) in [6, 6.07) is 12.2. The fourth-order valence-electron chi connectivity index (χ4n) is 2.25. The predicted molar refractivity (Wildman–Crippen MR) is 105 cm³/mol. The molecule has 3 rings (SSSR count). The molecule has 2 N–H and O–H groups in total. The van der Waals surface area contributed by atoms with Crippen molar-refractivity contribution in [1.82, 2.24) is 14.9 Å². The lowest BCUT2D eigenvalue weighted by atomic mass is 10.2. The van der Waals surface area contributed by atoms with Crippen molar-refractivity contribution >= 4 is 30.0 Å². The molecular weight excluding hydrogens is 388 g/mol. The monoisotopic (exact) mass is 404 g/mol. The number of halogens is 1. The summed E-state index contributed by atoms with van der Waals surface area (Å²) < 4.78 is 12.8. The van der Waals surface area contributed by atoms with Crippen molar-refractivity contribution in [2.75, 3.05) is 6.61 Å². The third-order valence-electron chi connectivity index (χ3n) is 3.54. The maximum atomic E-state index is 10.3. The van der Waals surface area contributed by atoms with Crippen molar-refractivity contribution in [1.29, 1.82) is 0 Å². The number of benzene rings is 2. The molecule has 0 radical (unpaired) electrons. The third kappa shape index (κ3) is 4.66. The van der Waals surface area contributed by atoms with Gasteiger partial charge in [0.05, 0.1) is 12.8 Å². The Hall–Kier alpha value is -2.84. The number of phenolic OH excluding ortho intramolecular Hbond substituents is 1. The van der Waals surface area contributed by atoms with Gasteiger partial charge in [-0.3, -0.25) is 0 Å². The number of phenols is 1. The van der Waals surface area contributed by atoms with Gasteiger partial charge in [-0.05, 0) is 55.5 Å². The first-order valence-corrected chi connectivity index (χ1v) is 8.91. The van der Waals surface area contributed by atoms with E-state index >= 15 is 0 Å². The Morgan fingerprint density at radius 2 is 2.04 bits per heavy atom. The number of rotatable bonds is 7. The Bertz CT molecular complexity index is 999. The SMILES string of the molecule is CCOc1cccc(/C=N/n2c(COc3ccc(Cl)cc3)n[nH]c2=S)c1O. The highest BCUT2D eigenvalue weighted by Crippen LogP contribution is 2.28. The van der Waals surface area contributed by atoms with Crippen LogP contribution in [-0.2, 0) is 6.61 Å². The molecule has 0 saturated carbocycles. The van der Waals surface area contributed by atoms with E-state index in [1.165, 1.54) is 10.9 Å². The number of aromatic nitrogens is 3. The Morgan fingerprint density at radius 1 is 1.26 bits per heavy atom. The van der Waals surface area contributed by atoms with Crippen LogP contribution in [0.5, 0.6) is 17.2 Å². The van der Waals surface area contributed by atoms with Crippen LogP contribution in [-0.4, -0.2) is 32.8 Å². The van der Waals surface area contributed by atoms with Gasteiger partial charge in [0.1, 0.15) is 12.4 Å². The van der Waals surface area contributed by atoms with E-state index in [1.54, 1.807) is 42.5 Å². The second-order valence-electron chi connectivity index (χ2n) is 5.37. The molecule has 27 heavy (non-hydrogen) atoms. The zero-order valence-electron chi connectivity index (χ0n) is 14.4. The molecule has 2 aromatic carbocycles. The van der Waals surface area contributed by atoms with Gasteiger partial charge in [-0.15, -0.1) is 0 Å². The molecule has 0 saturated heterocycles. The summed E-state index contributed by atoms with van der Waals surface area (Å²) in [5.41, 5.74) is 0.494. The van der Waals surface area contributed by atoms with Crippen LogP contribution in [0.3, 0.4) is 0 Å². The molecule has 0 aliphatic carbocycles. The quantitative estimate of drug-likeness (QED) is 0.456. The van der Waals surface area contributed by atoms with Gasteiger partial charge in [-0.1, -0.05) is 17.7 Å². The number of hydrogen-bond acceptors (Lipinski definition) is 6. The van der Waals surface area contributed by atoms with E-state index in [9.17, 15) is 5.11 Å². The maximum absolute atomic E-state index is 10.3. The summed E-state index contributed by atoms with van der Waals surface area (Å²) in [6.07, 6.45) is 1.48. The minimum absolute atomic E-state index is 0.0112. The zero-order valence-corrected chi connectivity index (χ0v) is 16.0. The molecule has 3 aromatic rings. The molecule has 0 atom stereocenters. The van der Waals surface area contributed by atoms with E-state index in [0.717, 1.165) is 0 Å². The van der Waals surface area contributed by atoms with E-state index < -0.39 is 0 Å². The van der Waals surface area contributed by atoms with Crippen LogP contribution in [0, 0.1) is 4.77 Å². The third-order valence-corrected chi connectivity index (χ3v) is 4.06. The van der Waals surface area contributed by atoms with E-state index in [4.69, 9.17) is 33.3 Å². The van der Waals surface area contributed by atoms with Gasteiger partial charge in [-0.2, -0.15) is 14.9 Å². The van der Waals surface area contributed by atoms with Crippen molar-refractivity contribution in [3.8, 4) is 17.2 Å². The second kappa shape index (κ2) is 8.70. The van der Waals surface area contributed by atoms with E-state index in [-0.39, 0.29) is 12.4 Å². The van der Waals surface area contributed by atoms with Crippen molar-refractivity contribution in [3.05, 3.63) is 63.6 Å². The Kier molecular flexibility index (Phi) is 6.10. The predicted octanol–water partition coefficient (Wildman–Crippen LogP) is 4.16. The lowest BCUT2D eigenvalue weighted by Gasteiger charge is -2.07. The second-order valence-corrected chi connectivity index (χ2v) is 6.19. The molecule has 0 amide bonds. The Morgan fingerprint density at radius 3 is 2.78 bits per heavy atom. The summed E-state index contributed by atoms with van der Waals surface area (Å²) >= 11 is 11.1. The molecule has 0 aliphatic heterocycles. The highest BCUT2D eigenvalue weighted by atomic mass is 35.5. The molecular formula is C18H17ClN4O3S. The lowest BCUT2D eigenvalue weighted by molar-refractivity contribution is 0.290. The normalized spacial score (nSPS) is 11.0. The molecule has 0 fully saturated rings. The molecule has 0 bridgehead atoms. The first-order chi connectivity index (χ1) is 13.1. The number of ether oxygens (including phenoxy) is 2. The number of nitrogens with one attached hydrogen (secondary N) is 1. The Balaban J connectivity index is 1.79. The average Bonchev–Trinajstić information content (AvgIpc) is 3.02. The molecule has 1 heterocycles. The highest BCUT2D eigenvalue weighted by molar-refractivity contribution is 7.71. The van der Waals surface area contributed by atoms with E-state index in [1.807, 2.05) is 6.92 Å². The molecule has 0 aliphatic rings. The summed E-state index contributed by atoms with van der Waals surface area (Å²) in [7, 11) is 0. The number of aromatic amines is 1. The van der Waals surface area contributed by atoms with Crippen molar-refractivity contribution < 1.29 is 14.6 Å². The van der Waals surface area contributed by atoms with Crippen molar-refractivity contribution in [2.45, 2.75) is 13.5 Å². The fourth-order valence-corrected chi connectivity index (χ4v) is 2.58. The number of aromatic hydroxyl groups is 1. The van der Waals surface area contributed by atoms with Gasteiger partial charge in [0.2, 0.25) is 4.77 Å². The van der Waals surface area contributed by atoms with Crippen LogP contribution in [0.25, 0.3) is 0 Å². The van der Waals surface area contributed by atoms with Crippen LogP contribution < -0.4 is 9.47 Å². The lowest BCUT2D eigenvalue weighted by Crippen LogP contribution is -2.04. The zero-order chi connectivity index (χ0) is 19.2. The summed E-state index contributed by atoms with van der Waals surface area (Å²) in [6.45, 7) is 2.45. The molecule has 140 valence electrons. The molecule has 0 spiro atoms. The maximum Gasteiger partial charge on any atom is 0.216 e. The van der Waals surface area contributed by atoms with Crippen LogP contribution in [0.4, 0.5) is 0 Å². The van der Waals surface area contributed by atoms with Crippen LogP contribution in [0.1, 0.15) is 18.3 Å². The topological polar surface area (TPSA) is 84.7 Å². The minimum atomic E-state index is 0.0112. The minimum Gasteiger partial charge on any atom is -0.504 e. The van der Waals surface area contributed by atoms with Gasteiger partial charge in [0.25, 0.3) is 0 Å². The first-order valence-electron chi connectivity index (χ1n) is 8.12. The average molecular weight is 405 g/mol. The van der Waals surface area contributed by atoms with Gasteiger partial charge >= 0.3 is 0 Å². The standard InChI is InChI=1S/C18H17ClN4O3S/c1-2-25-15-5-3-4-12(17(15)24)10-20-23-16(21-22-18(23)27)11-26-14-8-6-13(19)7-9-14/h3-10,24H,2,11H2,1H3,(H,22,27)/b20-10+. The molecule has 7 nitrogen and oxygen atoms in total. The number of para-hydroxylation sites is 1. The van der Waals surface area contributed by atoms with Crippen molar-refractivity contribution in [3.63, 3.8) is 0 Å². The van der Waals surface area contributed by atoms with Gasteiger partial charge < -0.3 is 14.6 Å². The largest absolute Gasteiger partial charge is 0.504 e. The number of H-pyrrole nitrogens is 1. The molecule has 1 aromatic heterocycles. The van der Waals surface area contributed by atoms with Gasteiger partial charge in [0, 0.05) is 10.6 Å². The van der Waals surface area contributed by atoms with E-state index in [2.05, 4.69) is 15.3 Å². The molecule has 0 unspecified atom stereocenters. The summed E-state index contributed by atoms with van der Waals surface area (Å²) in [5.74, 6) is 1.53. The highest BCUT2D eigenvalue weighted by Gasteiger charge is 2.09. The van der Waals surface area contributed by atoms with Crippen LogP contribution >= 0.6 is 23.8 Å². The van der Waals surface area contributed by atoms with Crippen molar-refractivity contribution in [2.24, 2.45) is 5.10 Å². The van der Waals surface area contributed by atoms with Gasteiger partial charge in [-0.25, -0.2) is 5.10 Å². The fraction of sp³-hybridized carbons (Fsp3) is 0.167. The summed E-state index contributed by atoms with van der Waals surface area (Å²) in [4.78, 5) is 0. The molecule has 9 heteroatoms. The number of nitrogens with zero attached hydrogens (tertiary/aromatic N) is 3. The van der Waals surface area contributed by atoms with Crippen LogP contribution in [0.2, 0.25) is 5.02 Å². The van der Waals surface area contributed by atoms with Crippen LogP contribution in [0.15, 0.2) is 47.6 Å². The smallest absolute Gasteiger partial charge is 0.216 e. The number of hydrogen-bond donors (Lipinski definition) is 2. The first kappa shape index (κ1) is 18.9. The summed E-state index contributed by atoms with van der Waals surface area (Å²) in [5, 5.41) is 22.0. The Labute approximate surface area is 165 Å². The van der Waals surface area contributed by atoms with Gasteiger partial charge in [0.15, 0.2) is 17.3 Å². The van der Waals surface area contributed by atoms with E-state index in [0.29, 0.717) is 39.3 Å².